The maximum Gasteiger partial charge on any atom is 0.410 e. The van der Waals surface area contributed by atoms with Gasteiger partial charge in [0.1, 0.15) is 11.3 Å². The molecule has 188 valence electrons. The molecule has 4 N–H and O–H groups in total. The highest BCUT2D eigenvalue weighted by molar-refractivity contribution is 5.96. The van der Waals surface area contributed by atoms with Gasteiger partial charge in [-0.2, -0.15) is 0 Å². The van der Waals surface area contributed by atoms with Gasteiger partial charge in [0.15, 0.2) is 0 Å². The summed E-state index contributed by atoms with van der Waals surface area (Å²) in [4.78, 5) is 49.7. The largest absolute Gasteiger partial charge is 0.444 e. The molecule has 3 rings (SSSR count). The lowest BCUT2D eigenvalue weighted by Gasteiger charge is -2.34. The normalized spacial score (nSPS) is 14.3. The third kappa shape index (κ3) is 7.33. The minimum atomic E-state index is -0.615. The standard InChI is InChI=1S/C25H33N5O5/c1-25(2,3)35-24(34)29-13-10-19(11-14-29)30-12-4-5-20(30)23(33)27-15-17-6-8-18(9-7-17)22(32)28-16-21(26)31/h4-9,12,19H,10-11,13-16H2,1-3H3,(H2,26,31)(H,27,33)(H,28,32). The Balaban J connectivity index is 1.53. The third-order valence-corrected chi connectivity index (χ3v) is 5.61. The fraction of sp³-hybridized carbons (Fsp3) is 0.440. The molecule has 1 aliphatic rings. The number of amides is 4. The molecule has 0 spiro atoms. The molecule has 0 saturated carbocycles. The maximum atomic E-state index is 12.9. The van der Waals surface area contributed by atoms with E-state index in [4.69, 9.17) is 10.5 Å². The topological polar surface area (TPSA) is 136 Å². The Bertz CT molecular complexity index is 1060. The SMILES string of the molecule is CC(C)(C)OC(=O)N1CCC(n2cccc2C(=O)NCc2ccc(C(=O)NCC(N)=O)cc2)CC1. The zero-order chi connectivity index (χ0) is 25.6. The molecule has 10 nitrogen and oxygen atoms in total. The molecule has 0 aliphatic carbocycles. The summed E-state index contributed by atoms with van der Waals surface area (Å²) in [6.45, 7) is 6.75. The Morgan fingerprint density at radius 1 is 1.00 bits per heavy atom. The van der Waals surface area contributed by atoms with Crippen LogP contribution >= 0.6 is 0 Å². The van der Waals surface area contributed by atoms with Crippen molar-refractivity contribution in [3.05, 3.63) is 59.4 Å². The van der Waals surface area contributed by atoms with Crippen LogP contribution in [0.5, 0.6) is 0 Å². The van der Waals surface area contributed by atoms with Crippen molar-refractivity contribution < 1.29 is 23.9 Å². The van der Waals surface area contributed by atoms with E-state index in [9.17, 15) is 19.2 Å². The monoisotopic (exact) mass is 483 g/mol. The number of likely N-dealkylation sites (tertiary alicyclic amines) is 1. The minimum Gasteiger partial charge on any atom is -0.444 e. The van der Waals surface area contributed by atoms with Gasteiger partial charge in [-0.1, -0.05) is 12.1 Å². The molecule has 2 heterocycles. The second-order valence-electron chi connectivity index (χ2n) is 9.53. The number of rotatable bonds is 7. The van der Waals surface area contributed by atoms with Gasteiger partial charge >= 0.3 is 6.09 Å². The highest BCUT2D eigenvalue weighted by Crippen LogP contribution is 2.25. The number of benzene rings is 1. The Kier molecular flexibility index (Phi) is 8.16. The van der Waals surface area contributed by atoms with Gasteiger partial charge in [-0.05, 0) is 63.4 Å². The number of primary amides is 1. The number of nitrogens with one attached hydrogen (secondary N) is 2. The Labute approximate surface area is 204 Å². The first-order chi connectivity index (χ1) is 16.5. The average Bonchev–Trinajstić information content (AvgIpc) is 3.30. The van der Waals surface area contributed by atoms with Crippen LogP contribution in [0.25, 0.3) is 0 Å². The van der Waals surface area contributed by atoms with E-state index in [2.05, 4.69) is 10.6 Å². The number of carbonyl (C=O) groups excluding carboxylic acids is 4. The zero-order valence-corrected chi connectivity index (χ0v) is 20.4. The highest BCUT2D eigenvalue weighted by atomic mass is 16.6. The predicted octanol–water partition coefficient (Wildman–Crippen LogP) is 2.21. The lowest BCUT2D eigenvalue weighted by molar-refractivity contribution is -0.117. The van der Waals surface area contributed by atoms with Crippen molar-refractivity contribution >= 4 is 23.8 Å². The molecule has 35 heavy (non-hydrogen) atoms. The molecule has 10 heteroatoms. The number of carbonyl (C=O) groups is 4. The van der Waals surface area contributed by atoms with Crippen LogP contribution in [-0.2, 0) is 16.1 Å². The molecule has 1 saturated heterocycles. The van der Waals surface area contributed by atoms with E-state index in [1.54, 1.807) is 35.2 Å². The van der Waals surface area contributed by atoms with E-state index >= 15 is 0 Å². The molecule has 0 bridgehead atoms. The van der Waals surface area contributed by atoms with E-state index in [-0.39, 0.29) is 24.6 Å². The second-order valence-corrected chi connectivity index (χ2v) is 9.53. The van der Waals surface area contributed by atoms with E-state index < -0.39 is 17.4 Å². The molecular weight excluding hydrogens is 450 g/mol. The predicted molar refractivity (Wildman–Crippen MR) is 130 cm³/mol. The van der Waals surface area contributed by atoms with Gasteiger partial charge in [-0.25, -0.2) is 4.79 Å². The van der Waals surface area contributed by atoms with E-state index in [0.29, 0.717) is 30.9 Å². The summed E-state index contributed by atoms with van der Waals surface area (Å²) >= 11 is 0. The second kappa shape index (κ2) is 11.1. The average molecular weight is 484 g/mol. The summed E-state index contributed by atoms with van der Waals surface area (Å²) in [5, 5.41) is 5.34. The lowest BCUT2D eigenvalue weighted by atomic mass is 10.0. The van der Waals surface area contributed by atoms with Crippen LogP contribution in [0.2, 0.25) is 0 Å². The molecule has 0 atom stereocenters. The first-order valence-electron chi connectivity index (χ1n) is 11.6. The number of hydrogen-bond donors (Lipinski definition) is 3. The van der Waals surface area contributed by atoms with Crippen LogP contribution in [0.1, 0.15) is 66.1 Å². The van der Waals surface area contributed by atoms with Gasteiger partial charge in [-0.15, -0.1) is 0 Å². The number of nitrogens with two attached hydrogens (primary N) is 1. The van der Waals surface area contributed by atoms with Crippen molar-refractivity contribution in [2.45, 2.75) is 51.8 Å². The van der Waals surface area contributed by atoms with Gasteiger partial charge < -0.3 is 30.6 Å². The third-order valence-electron chi connectivity index (χ3n) is 5.61. The lowest BCUT2D eigenvalue weighted by Crippen LogP contribution is -2.42. The Hall–Kier alpha value is -3.82. The molecule has 0 unspecified atom stereocenters. The van der Waals surface area contributed by atoms with E-state index in [0.717, 1.165) is 18.4 Å². The first-order valence-corrected chi connectivity index (χ1v) is 11.6. The number of nitrogens with zero attached hydrogens (tertiary/aromatic N) is 2. The smallest absolute Gasteiger partial charge is 0.410 e. The summed E-state index contributed by atoms with van der Waals surface area (Å²) in [6.07, 6.45) is 3.04. The highest BCUT2D eigenvalue weighted by Gasteiger charge is 2.28. The Morgan fingerprint density at radius 2 is 1.66 bits per heavy atom. The van der Waals surface area contributed by atoms with Crippen LogP contribution in [0.15, 0.2) is 42.6 Å². The number of ether oxygens (including phenoxy) is 1. The van der Waals surface area contributed by atoms with Gasteiger partial charge in [0.05, 0.1) is 6.54 Å². The van der Waals surface area contributed by atoms with Crippen LogP contribution in [-0.4, -0.2) is 58.5 Å². The van der Waals surface area contributed by atoms with Crippen molar-refractivity contribution in [3.8, 4) is 0 Å². The van der Waals surface area contributed by atoms with Crippen LogP contribution < -0.4 is 16.4 Å². The van der Waals surface area contributed by atoms with Crippen molar-refractivity contribution in [2.24, 2.45) is 5.73 Å². The van der Waals surface area contributed by atoms with E-state index in [1.165, 1.54) is 0 Å². The van der Waals surface area contributed by atoms with Crippen molar-refractivity contribution in [2.75, 3.05) is 19.6 Å². The molecule has 0 radical (unpaired) electrons. The van der Waals surface area contributed by atoms with Crippen LogP contribution in [0.3, 0.4) is 0 Å². The minimum absolute atomic E-state index is 0.114. The number of hydrogen-bond acceptors (Lipinski definition) is 5. The Morgan fingerprint density at radius 3 is 2.26 bits per heavy atom. The first kappa shape index (κ1) is 25.8. The number of aromatic nitrogens is 1. The fourth-order valence-electron chi connectivity index (χ4n) is 3.87. The molecule has 1 fully saturated rings. The van der Waals surface area contributed by atoms with E-state index in [1.807, 2.05) is 37.6 Å². The molecule has 1 aromatic carbocycles. The molecular formula is C25H33N5O5. The van der Waals surface area contributed by atoms with Gasteiger partial charge in [0.25, 0.3) is 11.8 Å². The van der Waals surface area contributed by atoms with Crippen molar-refractivity contribution in [3.63, 3.8) is 0 Å². The summed E-state index contributed by atoms with van der Waals surface area (Å²) in [6, 6.07) is 10.5. The van der Waals surface area contributed by atoms with Gasteiger partial charge in [-0.3, -0.25) is 14.4 Å². The van der Waals surface area contributed by atoms with Crippen molar-refractivity contribution in [1.82, 2.24) is 20.1 Å². The maximum absolute atomic E-state index is 12.9. The zero-order valence-electron chi connectivity index (χ0n) is 20.4. The number of piperidine rings is 1. The summed E-state index contributed by atoms with van der Waals surface area (Å²) in [5.41, 5.74) is 6.28. The summed E-state index contributed by atoms with van der Waals surface area (Å²) in [5.74, 6) is -1.21. The quantitative estimate of drug-likeness (QED) is 0.555. The van der Waals surface area contributed by atoms with Gasteiger partial charge in [0, 0.05) is 37.4 Å². The molecule has 4 amide bonds. The molecule has 1 aromatic heterocycles. The summed E-state index contributed by atoms with van der Waals surface area (Å²) in [7, 11) is 0. The van der Waals surface area contributed by atoms with Crippen LogP contribution in [0.4, 0.5) is 4.79 Å². The summed E-state index contributed by atoms with van der Waals surface area (Å²) < 4.78 is 7.42. The fourth-order valence-corrected chi connectivity index (χ4v) is 3.87. The van der Waals surface area contributed by atoms with Crippen molar-refractivity contribution in [1.29, 1.82) is 0 Å². The van der Waals surface area contributed by atoms with Crippen LogP contribution in [0, 0.1) is 0 Å². The molecule has 2 aromatic rings. The molecule has 1 aliphatic heterocycles. The van der Waals surface area contributed by atoms with Gasteiger partial charge in [0.2, 0.25) is 5.91 Å².